The summed E-state index contributed by atoms with van der Waals surface area (Å²) in [5.41, 5.74) is 1.56. The normalized spacial score (nSPS) is 11.4. The molecule has 130 valence electrons. The highest BCUT2D eigenvalue weighted by atomic mass is 32.1. The van der Waals surface area contributed by atoms with Gasteiger partial charge < -0.3 is 10.6 Å². The number of thiazole rings is 1. The summed E-state index contributed by atoms with van der Waals surface area (Å²) in [7, 11) is 0. The van der Waals surface area contributed by atoms with Gasteiger partial charge in [0.25, 0.3) is 0 Å². The number of nitrogens with one attached hydrogen (secondary N) is 2. The van der Waals surface area contributed by atoms with E-state index >= 15 is 0 Å². The highest BCUT2D eigenvalue weighted by Crippen LogP contribution is 2.32. The largest absolute Gasteiger partial charge is 0.355 e. The van der Waals surface area contributed by atoms with E-state index in [9.17, 15) is 9.59 Å². The third kappa shape index (κ3) is 4.88. The van der Waals surface area contributed by atoms with Crippen LogP contribution in [0.15, 0.2) is 11.4 Å². The Labute approximate surface area is 150 Å². The number of carbonyl (C=O) groups excluding carboxylic acids is 2. The molecule has 0 aliphatic carbocycles. The van der Waals surface area contributed by atoms with Crippen LogP contribution in [0.2, 0.25) is 0 Å². The van der Waals surface area contributed by atoms with Crippen molar-refractivity contribution in [2.24, 2.45) is 5.41 Å². The van der Waals surface area contributed by atoms with E-state index in [-0.39, 0.29) is 18.2 Å². The first-order chi connectivity index (χ1) is 11.2. The number of nitrogens with zero attached hydrogens (tertiary/aromatic N) is 1. The number of hydrogen-bond acceptors (Lipinski definition) is 5. The first kappa shape index (κ1) is 18.6. The first-order valence-electron chi connectivity index (χ1n) is 7.78. The topological polar surface area (TPSA) is 71.1 Å². The van der Waals surface area contributed by atoms with Gasteiger partial charge in [0, 0.05) is 39.1 Å². The molecular weight excluding hydrogens is 342 g/mol. The van der Waals surface area contributed by atoms with Gasteiger partial charge in [-0.2, -0.15) is 0 Å². The van der Waals surface area contributed by atoms with Gasteiger partial charge in [0.05, 0.1) is 5.69 Å². The lowest BCUT2D eigenvalue weighted by Gasteiger charge is -2.17. The summed E-state index contributed by atoms with van der Waals surface area (Å²) < 4.78 is 0. The van der Waals surface area contributed by atoms with Crippen LogP contribution in [0.1, 0.15) is 36.9 Å². The van der Waals surface area contributed by atoms with Crippen LogP contribution in [0.5, 0.6) is 0 Å². The fourth-order valence-corrected chi connectivity index (χ4v) is 3.74. The van der Waals surface area contributed by atoms with Crippen molar-refractivity contribution in [2.75, 3.05) is 11.9 Å². The molecule has 0 saturated carbocycles. The van der Waals surface area contributed by atoms with E-state index in [2.05, 4.69) is 35.5 Å². The van der Waals surface area contributed by atoms with Crippen LogP contribution in [0.4, 0.5) is 5.13 Å². The Bertz CT molecular complexity index is 741. The number of carbonyl (C=O) groups is 2. The molecule has 0 fully saturated rings. The Kier molecular flexibility index (Phi) is 5.77. The molecule has 0 bridgehead atoms. The van der Waals surface area contributed by atoms with Crippen molar-refractivity contribution in [2.45, 2.75) is 41.0 Å². The SMILES string of the molecule is Cc1cc(-c2csc(NC(=O)CCNC(=O)C(C)(C)C)n2)c(C)s1. The summed E-state index contributed by atoms with van der Waals surface area (Å²) >= 11 is 3.15. The van der Waals surface area contributed by atoms with Crippen LogP contribution in [0, 0.1) is 19.3 Å². The summed E-state index contributed by atoms with van der Waals surface area (Å²) in [5.74, 6) is -0.210. The molecule has 7 heteroatoms. The van der Waals surface area contributed by atoms with E-state index in [1.807, 2.05) is 26.2 Å². The van der Waals surface area contributed by atoms with Crippen molar-refractivity contribution in [1.29, 1.82) is 0 Å². The molecule has 2 heterocycles. The number of rotatable bonds is 5. The van der Waals surface area contributed by atoms with Crippen molar-refractivity contribution in [3.05, 3.63) is 21.2 Å². The Morgan fingerprint density at radius 1 is 1.25 bits per heavy atom. The van der Waals surface area contributed by atoms with E-state index in [0.717, 1.165) is 11.3 Å². The van der Waals surface area contributed by atoms with E-state index in [1.165, 1.54) is 21.1 Å². The smallest absolute Gasteiger partial charge is 0.227 e. The summed E-state index contributed by atoms with van der Waals surface area (Å²) in [4.78, 5) is 30.7. The fraction of sp³-hybridized carbons (Fsp3) is 0.471. The molecule has 0 aromatic carbocycles. The van der Waals surface area contributed by atoms with E-state index < -0.39 is 5.41 Å². The fourth-order valence-electron chi connectivity index (χ4n) is 2.08. The van der Waals surface area contributed by atoms with Gasteiger partial charge in [-0.1, -0.05) is 20.8 Å². The zero-order chi connectivity index (χ0) is 17.9. The van der Waals surface area contributed by atoms with Crippen LogP contribution < -0.4 is 10.6 Å². The quantitative estimate of drug-likeness (QED) is 0.842. The number of aromatic nitrogens is 1. The minimum absolute atomic E-state index is 0.0601. The van der Waals surface area contributed by atoms with E-state index in [1.54, 1.807) is 11.3 Å². The summed E-state index contributed by atoms with van der Waals surface area (Å²) in [6, 6.07) is 2.11. The second-order valence-corrected chi connectivity index (χ2v) is 8.99. The lowest BCUT2D eigenvalue weighted by molar-refractivity contribution is -0.128. The number of aryl methyl sites for hydroxylation is 2. The van der Waals surface area contributed by atoms with Crippen molar-refractivity contribution >= 4 is 39.6 Å². The molecule has 24 heavy (non-hydrogen) atoms. The Morgan fingerprint density at radius 2 is 1.96 bits per heavy atom. The molecule has 2 aromatic heterocycles. The monoisotopic (exact) mass is 365 g/mol. The zero-order valence-corrected chi connectivity index (χ0v) is 16.3. The van der Waals surface area contributed by atoms with Crippen molar-refractivity contribution in [3.8, 4) is 11.3 Å². The molecule has 0 spiro atoms. The average molecular weight is 366 g/mol. The molecule has 0 aliphatic rings. The van der Waals surface area contributed by atoms with Crippen LogP contribution in [-0.2, 0) is 9.59 Å². The molecule has 0 radical (unpaired) electrons. The van der Waals surface area contributed by atoms with Gasteiger partial charge in [-0.15, -0.1) is 22.7 Å². The maximum absolute atomic E-state index is 12.0. The van der Waals surface area contributed by atoms with Gasteiger partial charge >= 0.3 is 0 Å². The van der Waals surface area contributed by atoms with Crippen LogP contribution in [-0.4, -0.2) is 23.3 Å². The molecule has 0 aliphatic heterocycles. The third-order valence-electron chi connectivity index (χ3n) is 3.39. The highest BCUT2D eigenvalue weighted by molar-refractivity contribution is 7.14. The maximum atomic E-state index is 12.0. The molecule has 0 atom stereocenters. The lowest BCUT2D eigenvalue weighted by atomic mass is 9.96. The predicted octanol–water partition coefficient (Wildman–Crippen LogP) is 3.98. The summed E-state index contributed by atoms with van der Waals surface area (Å²) in [6.45, 7) is 9.99. The molecule has 2 rings (SSSR count). The first-order valence-corrected chi connectivity index (χ1v) is 9.47. The lowest BCUT2D eigenvalue weighted by Crippen LogP contribution is -2.36. The second kappa shape index (κ2) is 7.44. The number of hydrogen-bond donors (Lipinski definition) is 2. The maximum Gasteiger partial charge on any atom is 0.227 e. The molecule has 2 aromatic rings. The van der Waals surface area contributed by atoms with E-state index in [0.29, 0.717) is 11.7 Å². The van der Waals surface area contributed by atoms with Gasteiger partial charge in [0.1, 0.15) is 0 Å². The number of anilines is 1. The average Bonchev–Trinajstić information content (AvgIpc) is 3.03. The summed E-state index contributed by atoms with van der Waals surface area (Å²) in [5, 5.41) is 8.09. The van der Waals surface area contributed by atoms with E-state index in [4.69, 9.17) is 0 Å². The Morgan fingerprint density at radius 3 is 2.54 bits per heavy atom. The van der Waals surface area contributed by atoms with Gasteiger partial charge in [-0.3, -0.25) is 9.59 Å². The van der Waals surface area contributed by atoms with Crippen molar-refractivity contribution in [3.63, 3.8) is 0 Å². The number of thiophene rings is 1. The predicted molar refractivity (Wildman–Crippen MR) is 101 cm³/mol. The Balaban J connectivity index is 1.87. The van der Waals surface area contributed by atoms with Crippen LogP contribution in [0.3, 0.4) is 0 Å². The highest BCUT2D eigenvalue weighted by Gasteiger charge is 2.20. The van der Waals surface area contributed by atoms with Crippen LogP contribution >= 0.6 is 22.7 Å². The molecule has 5 nitrogen and oxygen atoms in total. The van der Waals surface area contributed by atoms with Crippen molar-refractivity contribution < 1.29 is 9.59 Å². The minimum Gasteiger partial charge on any atom is -0.355 e. The zero-order valence-electron chi connectivity index (χ0n) is 14.6. The standard InChI is InChI=1S/C17H23N3O2S2/c1-10-8-12(11(2)24-10)13-9-23-16(19-13)20-14(21)6-7-18-15(22)17(3,4)5/h8-9H,6-7H2,1-5H3,(H,18,22)(H,19,20,21). The molecule has 2 amide bonds. The Hall–Kier alpha value is -1.73. The summed E-state index contributed by atoms with van der Waals surface area (Å²) in [6.07, 6.45) is 0.229. The van der Waals surface area contributed by atoms with Gasteiger partial charge in [0.15, 0.2) is 5.13 Å². The van der Waals surface area contributed by atoms with Crippen molar-refractivity contribution in [1.82, 2.24) is 10.3 Å². The molecular formula is C17H23N3O2S2. The molecule has 0 unspecified atom stereocenters. The number of amides is 2. The van der Waals surface area contributed by atoms with Gasteiger partial charge in [0.2, 0.25) is 11.8 Å². The third-order valence-corrected chi connectivity index (χ3v) is 5.11. The molecule has 0 saturated heterocycles. The minimum atomic E-state index is -0.447. The van der Waals surface area contributed by atoms with Gasteiger partial charge in [-0.05, 0) is 19.9 Å². The van der Waals surface area contributed by atoms with Gasteiger partial charge in [-0.25, -0.2) is 4.98 Å². The second-order valence-electron chi connectivity index (χ2n) is 6.67. The van der Waals surface area contributed by atoms with Crippen LogP contribution in [0.25, 0.3) is 11.3 Å². The molecule has 2 N–H and O–H groups in total.